The van der Waals surface area contributed by atoms with E-state index in [4.69, 9.17) is 18.6 Å². The molecule has 0 spiro atoms. The molecule has 0 aliphatic heterocycles. The maximum atomic E-state index is 8.24. The van der Waals surface area contributed by atoms with E-state index in [1.165, 1.54) is 0 Å². The van der Waals surface area contributed by atoms with Crippen molar-refractivity contribution >= 4 is 0 Å². The Kier molecular flexibility index (Phi) is 90.6. The molecule has 0 bridgehead atoms. The maximum absolute atomic E-state index is 8.24. The molecule has 8 heteroatoms. The Balaban J connectivity index is -0.0000000160. The topological polar surface area (TPSA) is 92.2 Å². The largest absolute Gasteiger partial charge is 1.00 e. The van der Waals surface area contributed by atoms with Gasteiger partial charge in [0, 0.05) is 0 Å². The van der Waals surface area contributed by atoms with E-state index in [9.17, 15) is 0 Å². The van der Waals surface area contributed by atoms with Crippen LogP contribution >= 0.6 is 0 Å². The average molecular weight is 197 g/mol. The van der Waals surface area contributed by atoms with E-state index < -0.39 is 22.7 Å². The number of hydrogen-bond acceptors (Lipinski definition) is 4. The summed E-state index contributed by atoms with van der Waals surface area (Å²) in [5, 5.41) is 0. The van der Waals surface area contributed by atoms with Gasteiger partial charge in [-0.25, -0.2) is 0 Å². The van der Waals surface area contributed by atoms with E-state index in [2.05, 4.69) is 0 Å². The molecule has 40 valence electrons. The zero-order valence-corrected chi connectivity index (χ0v) is 11.0. The Morgan fingerprint density at radius 1 is 0.750 bits per heavy atom. The van der Waals surface area contributed by atoms with Crippen molar-refractivity contribution in [3.05, 3.63) is 0 Å². The molecule has 4 nitrogen and oxygen atoms in total. The van der Waals surface area contributed by atoms with Crippen LogP contribution in [0.15, 0.2) is 0 Å². The van der Waals surface area contributed by atoms with Crippen LogP contribution in [0.3, 0.4) is 0 Å². The van der Waals surface area contributed by atoms with Gasteiger partial charge in [-0.05, 0) is 0 Å². The summed E-state index contributed by atoms with van der Waals surface area (Å²) >= 11 is -0.833. The van der Waals surface area contributed by atoms with Gasteiger partial charge in [0.25, 0.3) is 0 Å². The fourth-order valence-electron chi connectivity index (χ4n) is 0. The first-order valence-corrected chi connectivity index (χ1v) is 1.85. The van der Waals surface area contributed by atoms with Crippen LogP contribution in [0.4, 0.5) is 0 Å². The van der Waals surface area contributed by atoms with Gasteiger partial charge in [0.1, 0.15) is 0 Å². The number of hydrogen-bond donors (Lipinski definition) is 0. The molecule has 0 aliphatic carbocycles. The minimum Gasteiger partial charge on any atom is -0.544 e. The molecule has 0 amide bonds. The smallest absolute Gasteiger partial charge is 0.544 e. The van der Waals surface area contributed by atoms with Gasteiger partial charge in [-0.2, -0.15) is 0 Å². The van der Waals surface area contributed by atoms with Crippen molar-refractivity contribution in [3.63, 3.8) is 0 Å². The summed E-state index contributed by atoms with van der Waals surface area (Å²) in [5.41, 5.74) is 0. The van der Waals surface area contributed by atoms with Gasteiger partial charge in [0.2, 0.25) is 0 Å². The minimum atomic E-state index is -0.417. The van der Waals surface area contributed by atoms with Crippen LogP contribution in [0.5, 0.6) is 0 Å². The summed E-state index contributed by atoms with van der Waals surface area (Å²) in [6.45, 7) is 0. The summed E-state index contributed by atoms with van der Waals surface area (Å²) in [7, 11) is 0. The normalized spacial score (nSPS) is 4.50. The van der Waals surface area contributed by atoms with Gasteiger partial charge in [-0.3, -0.25) is 0 Å². The molecule has 0 aliphatic rings. The molecule has 0 radical (unpaired) electrons. The van der Waals surface area contributed by atoms with Crippen LogP contribution in [0.25, 0.3) is 0 Å². The molecular formula is Cl2KNaO4. The minimum absolute atomic E-state index is 0. The van der Waals surface area contributed by atoms with Crippen molar-refractivity contribution in [3.8, 4) is 0 Å². The zero-order valence-electron chi connectivity index (χ0n) is 4.39. The standard InChI is InChI=1S/2ClO2.K.Na/c2*2-1-3;;/q2*-1;2*+1. The first-order chi connectivity index (χ1) is 2.83. The summed E-state index contributed by atoms with van der Waals surface area (Å²) < 4.78 is 32.9. The van der Waals surface area contributed by atoms with E-state index in [0.29, 0.717) is 0 Å². The van der Waals surface area contributed by atoms with Crippen molar-refractivity contribution < 1.29 is 122 Å². The second-order valence-corrected chi connectivity index (χ2v) is 0.378. The summed E-state index contributed by atoms with van der Waals surface area (Å²) in [4.78, 5) is 0. The van der Waals surface area contributed by atoms with Crippen molar-refractivity contribution in [1.82, 2.24) is 0 Å². The van der Waals surface area contributed by atoms with Gasteiger partial charge in [-0.1, -0.05) is 0 Å². The summed E-state index contributed by atoms with van der Waals surface area (Å²) in [6.07, 6.45) is 0. The van der Waals surface area contributed by atoms with Gasteiger partial charge in [-0.15, -0.1) is 0 Å². The summed E-state index contributed by atoms with van der Waals surface area (Å²) in [5.74, 6) is 0. The molecule has 0 saturated carbocycles. The Morgan fingerprint density at radius 2 is 0.750 bits per heavy atom. The van der Waals surface area contributed by atoms with Crippen LogP contribution in [0.1, 0.15) is 0 Å². The van der Waals surface area contributed by atoms with Crippen molar-refractivity contribution in [2.75, 3.05) is 0 Å². The van der Waals surface area contributed by atoms with Crippen LogP contribution < -0.4 is 99.6 Å². The van der Waals surface area contributed by atoms with Crippen molar-refractivity contribution in [2.45, 2.75) is 0 Å². The molecular weight excluding hydrogens is 197 g/mol. The SMILES string of the molecule is [K+].[Na+].[O-][Cl+][O-].[O-][Cl+][O-]. The van der Waals surface area contributed by atoms with E-state index >= 15 is 0 Å². The second kappa shape index (κ2) is 32.3. The van der Waals surface area contributed by atoms with Gasteiger partial charge >= 0.3 is 80.9 Å². The van der Waals surface area contributed by atoms with Gasteiger partial charge in [0.05, 0.1) is 22.7 Å². The number of halogens is 2. The molecule has 0 atom stereocenters. The molecule has 0 aromatic rings. The Hall–Kier alpha value is 3.06. The Bertz CT molecular complexity index is 16.0. The van der Waals surface area contributed by atoms with Crippen LogP contribution in [-0.4, -0.2) is 0 Å². The predicted octanol–water partition coefficient (Wildman–Crippen LogP) is -10.7. The predicted molar refractivity (Wildman–Crippen MR) is 0 cm³/mol. The molecule has 0 rings (SSSR count). The Morgan fingerprint density at radius 3 is 0.750 bits per heavy atom. The molecule has 0 aromatic heterocycles. The van der Waals surface area contributed by atoms with Gasteiger partial charge < -0.3 is 18.6 Å². The summed E-state index contributed by atoms with van der Waals surface area (Å²) in [6, 6.07) is 0. The Labute approximate surface area is 120 Å². The van der Waals surface area contributed by atoms with Gasteiger partial charge in [0.15, 0.2) is 0 Å². The van der Waals surface area contributed by atoms with E-state index in [1.54, 1.807) is 0 Å². The second-order valence-electron chi connectivity index (χ2n) is 0.126. The van der Waals surface area contributed by atoms with E-state index in [1.807, 2.05) is 0 Å². The fraction of sp³-hybridized carbons (Fsp3) is 0. The van der Waals surface area contributed by atoms with Crippen LogP contribution in [-0.2, 0) is 0 Å². The number of rotatable bonds is 0. The molecule has 0 saturated heterocycles. The first kappa shape index (κ1) is 22.5. The molecule has 0 fully saturated rings. The monoisotopic (exact) mass is 196 g/mol. The van der Waals surface area contributed by atoms with Crippen LogP contribution in [0, 0.1) is 22.7 Å². The average Bonchev–Trinajstić information content (AvgIpc) is 1.39. The van der Waals surface area contributed by atoms with Crippen LogP contribution in [0.2, 0.25) is 0 Å². The maximum Gasteiger partial charge on any atom is 1.00 e. The fourth-order valence-corrected chi connectivity index (χ4v) is 0. The van der Waals surface area contributed by atoms with E-state index in [-0.39, 0.29) is 80.9 Å². The first-order valence-electron chi connectivity index (χ1n) is 0.617. The molecule has 0 unspecified atom stereocenters. The molecule has 0 aromatic carbocycles. The third kappa shape index (κ3) is 62.9. The van der Waals surface area contributed by atoms with E-state index in [0.717, 1.165) is 0 Å². The third-order valence-corrected chi connectivity index (χ3v) is 0. The quantitative estimate of drug-likeness (QED) is 0.360. The molecule has 0 heterocycles. The zero-order chi connectivity index (χ0) is 5.41. The molecule has 8 heavy (non-hydrogen) atoms. The van der Waals surface area contributed by atoms with Crippen molar-refractivity contribution in [1.29, 1.82) is 0 Å². The third-order valence-electron chi connectivity index (χ3n) is 0. The molecule has 0 N–H and O–H groups in total. The van der Waals surface area contributed by atoms with Crippen molar-refractivity contribution in [2.24, 2.45) is 0 Å².